The third kappa shape index (κ3) is 4.89. The number of nitrogens with zero attached hydrogens (tertiary/aromatic N) is 2. The fraction of sp³-hybridized carbons (Fsp3) is 0.250. The van der Waals surface area contributed by atoms with Crippen molar-refractivity contribution in [1.82, 2.24) is 10.2 Å². The van der Waals surface area contributed by atoms with Crippen LogP contribution in [-0.2, 0) is 4.79 Å². The van der Waals surface area contributed by atoms with Gasteiger partial charge in [0.1, 0.15) is 5.75 Å². The lowest BCUT2D eigenvalue weighted by atomic mass is 10.1. The predicted molar refractivity (Wildman–Crippen MR) is 106 cm³/mol. The fourth-order valence-corrected chi connectivity index (χ4v) is 3.11. The lowest BCUT2D eigenvalue weighted by molar-refractivity contribution is -0.115. The highest BCUT2D eigenvalue weighted by molar-refractivity contribution is 8.00. The number of rotatable bonds is 7. The van der Waals surface area contributed by atoms with E-state index in [0.29, 0.717) is 23.4 Å². The van der Waals surface area contributed by atoms with Gasteiger partial charge in [-0.3, -0.25) is 4.79 Å². The average molecular weight is 383 g/mol. The second-order valence-corrected chi connectivity index (χ2v) is 7.19. The monoisotopic (exact) mass is 383 g/mol. The zero-order valence-corrected chi connectivity index (χ0v) is 16.2. The molecular weight excluding hydrogens is 362 g/mol. The van der Waals surface area contributed by atoms with Crippen LogP contribution in [-0.4, -0.2) is 28.0 Å². The lowest BCUT2D eigenvalue weighted by Crippen LogP contribution is -2.22. The fourth-order valence-electron chi connectivity index (χ4n) is 2.43. The van der Waals surface area contributed by atoms with E-state index in [-0.39, 0.29) is 11.2 Å². The van der Waals surface area contributed by atoms with Crippen LogP contribution in [0.1, 0.15) is 19.4 Å². The number of amides is 1. The first-order chi connectivity index (χ1) is 13.1. The molecule has 27 heavy (non-hydrogen) atoms. The van der Waals surface area contributed by atoms with Crippen LogP contribution in [0.3, 0.4) is 0 Å². The molecule has 1 heterocycles. The van der Waals surface area contributed by atoms with Crippen LogP contribution in [0.5, 0.6) is 5.75 Å². The molecule has 0 spiro atoms. The molecule has 0 aliphatic rings. The Labute approximate surface area is 162 Å². The Balaban J connectivity index is 1.61. The number of aromatic nitrogens is 2. The largest absolute Gasteiger partial charge is 0.494 e. The van der Waals surface area contributed by atoms with Crippen molar-refractivity contribution in [2.75, 3.05) is 11.9 Å². The SMILES string of the molecule is CCOc1ccc(NC(=O)[C@@H](C)Sc2nnc(-c3ccccc3C)o2)cc1. The number of thioether (sulfide) groups is 1. The van der Waals surface area contributed by atoms with Crippen molar-refractivity contribution in [2.24, 2.45) is 0 Å². The highest BCUT2D eigenvalue weighted by Gasteiger charge is 2.19. The maximum Gasteiger partial charge on any atom is 0.277 e. The summed E-state index contributed by atoms with van der Waals surface area (Å²) in [5.74, 6) is 1.09. The molecular formula is C20H21N3O3S. The minimum absolute atomic E-state index is 0.139. The Morgan fingerprint density at radius 1 is 1.19 bits per heavy atom. The Morgan fingerprint density at radius 2 is 1.93 bits per heavy atom. The molecule has 3 aromatic rings. The van der Waals surface area contributed by atoms with Crippen molar-refractivity contribution in [3.63, 3.8) is 0 Å². The Morgan fingerprint density at radius 3 is 2.63 bits per heavy atom. The minimum Gasteiger partial charge on any atom is -0.494 e. The van der Waals surface area contributed by atoms with Gasteiger partial charge in [-0.1, -0.05) is 30.0 Å². The molecule has 2 aromatic carbocycles. The van der Waals surface area contributed by atoms with Gasteiger partial charge in [0.25, 0.3) is 5.22 Å². The van der Waals surface area contributed by atoms with E-state index >= 15 is 0 Å². The molecule has 0 saturated heterocycles. The topological polar surface area (TPSA) is 77.2 Å². The van der Waals surface area contributed by atoms with Crippen molar-refractivity contribution in [3.8, 4) is 17.2 Å². The van der Waals surface area contributed by atoms with E-state index in [1.807, 2.05) is 62.4 Å². The molecule has 0 radical (unpaired) electrons. The molecule has 0 unspecified atom stereocenters. The summed E-state index contributed by atoms with van der Waals surface area (Å²) in [4.78, 5) is 12.4. The van der Waals surface area contributed by atoms with Crippen LogP contribution < -0.4 is 10.1 Å². The number of carbonyl (C=O) groups excluding carboxylic acids is 1. The van der Waals surface area contributed by atoms with Crippen LogP contribution in [0, 0.1) is 6.92 Å². The summed E-state index contributed by atoms with van der Waals surface area (Å²) in [6.45, 7) is 6.32. The number of hydrogen-bond acceptors (Lipinski definition) is 6. The van der Waals surface area contributed by atoms with Gasteiger partial charge in [-0.25, -0.2) is 0 Å². The van der Waals surface area contributed by atoms with Crippen molar-refractivity contribution < 1.29 is 13.9 Å². The normalized spacial score (nSPS) is 11.8. The molecule has 1 amide bonds. The highest BCUT2D eigenvalue weighted by Crippen LogP contribution is 2.28. The van der Waals surface area contributed by atoms with Gasteiger partial charge < -0.3 is 14.5 Å². The molecule has 140 valence electrons. The molecule has 0 saturated carbocycles. The maximum atomic E-state index is 12.4. The van der Waals surface area contributed by atoms with Gasteiger partial charge in [0.05, 0.1) is 11.9 Å². The second-order valence-electron chi connectivity index (χ2n) is 5.89. The number of aryl methyl sites for hydroxylation is 1. The Kier molecular flexibility index (Phi) is 6.13. The van der Waals surface area contributed by atoms with Gasteiger partial charge in [0.15, 0.2) is 0 Å². The van der Waals surface area contributed by atoms with Gasteiger partial charge in [-0.2, -0.15) is 0 Å². The first-order valence-electron chi connectivity index (χ1n) is 8.66. The Bertz CT molecular complexity index is 909. The van der Waals surface area contributed by atoms with Gasteiger partial charge >= 0.3 is 0 Å². The molecule has 0 aliphatic carbocycles. The molecule has 6 nitrogen and oxygen atoms in total. The first-order valence-corrected chi connectivity index (χ1v) is 9.54. The summed E-state index contributed by atoms with van der Waals surface area (Å²) in [7, 11) is 0. The number of benzene rings is 2. The molecule has 7 heteroatoms. The molecule has 1 atom stereocenters. The van der Waals surface area contributed by atoms with Crippen molar-refractivity contribution in [2.45, 2.75) is 31.2 Å². The molecule has 1 aromatic heterocycles. The summed E-state index contributed by atoms with van der Waals surface area (Å²) >= 11 is 1.23. The lowest BCUT2D eigenvalue weighted by Gasteiger charge is -2.10. The van der Waals surface area contributed by atoms with Gasteiger partial charge in [0.2, 0.25) is 11.8 Å². The van der Waals surface area contributed by atoms with E-state index in [9.17, 15) is 4.79 Å². The minimum atomic E-state index is -0.387. The zero-order valence-electron chi connectivity index (χ0n) is 15.4. The van der Waals surface area contributed by atoms with Crippen LogP contribution in [0.25, 0.3) is 11.5 Å². The highest BCUT2D eigenvalue weighted by atomic mass is 32.2. The third-order valence-electron chi connectivity index (χ3n) is 3.86. The summed E-state index contributed by atoms with van der Waals surface area (Å²) in [6.07, 6.45) is 0. The molecule has 3 rings (SSSR count). The van der Waals surface area contributed by atoms with Crippen LogP contribution in [0.15, 0.2) is 58.2 Å². The molecule has 0 fully saturated rings. The van der Waals surface area contributed by atoms with Crippen molar-refractivity contribution in [3.05, 3.63) is 54.1 Å². The summed E-state index contributed by atoms with van der Waals surface area (Å²) in [5.41, 5.74) is 2.66. The van der Waals surface area contributed by atoms with Crippen molar-refractivity contribution >= 4 is 23.4 Å². The van der Waals surface area contributed by atoms with E-state index in [4.69, 9.17) is 9.15 Å². The molecule has 1 N–H and O–H groups in total. The molecule has 0 bridgehead atoms. The number of ether oxygens (including phenoxy) is 1. The van der Waals surface area contributed by atoms with E-state index in [2.05, 4.69) is 15.5 Å². The van der Waals surface area contributed by atoms with E-state index in [1.165, 1.54) is 11.8 Å². The third-order valence-corrected chi connectivity index (χ3v) is 4.80. The summed E-state index contributed by atoms with van der Waals surface area (Å²) in [6, 6.07) is 15.1. The van der Waals surface area contributed by atoms with Crippen LogP contribution in [0.4, 0.5) is 5.69 Å². The van der Waals surface area contributed by atoms with Crippen LogP contribution >= 0.6 is 11.8 Å². The number of carbonyl (C=O) groups is 1. The number of anilines is 1. The van der Waals surface area contributed by atoms with Gasteiger partial charge in [-0.05, 0) is 56.7 Å². The molecule has 0 aliphatic heterocycles. The van der Waals surface area contributed by atoms with E-state index in [1.54, 1.807) is 6.92 Å². The summed E-state index contributed by atoms with van der Waals surface area (Å²) in [5, 5.41) is 11.0. The second kappa shape index (κ2) is 8.73. The van der Waals surface area contributed by atoms with E-state index in [0.717, 1.165) is 16.9 Å². The average Bonchev–Trinajstić information content (AvgIpc) is 3.12. The predicted octanol–water partition coefficient (Wildman–Crippen LogP) is 4.56. The van der Waals surface area contributed by atoms with Crippen molar-refractivity contribution in [1.29, 1.82) is 0 Å². The smallest absolute Gasteiger partial charge is 0.277 e. The summed E-state index contributed by atoms with van der Waals surface area (Å²) < 4.78 is 11.1. The first kappa shape index (κ1) is 19.0. The number of hydrogen-bond donors (Lipinski definition) is 1. The Hall–Kier alpha value is -2.80. The van der Waals surface area contributed by atoms with E-state index < -0.39 is 0 Å². The maximum absolute atomic E-state index is 12.4. The quantitative estimate of drug-likeness (QED) is 0.603. The van der Waals surface area contributed by atoms with Crippen LogP contribution in [0.2, 0.25) is 0 Å². The van der Waals surface area contributed by atoms with Gasteiger partial charge in [-0.15, -0.1) is 10.2 Å². The zero-order chi connectivity index (χ0) is 19.2. The van der Waals surface area contributed by atoms with Gasteiger partial charge in [0, 0.05) is 11.3 Å². The number of nitrogens with one attached hydrogen (secondary N) is 1. The standard InChI is InChI=1S/C20H21N3O3S/c1-4-25-16-11-9-15(10-12-16)21-18(24)14(3)27-20-23-22-19(26-20)17-8-6-5-7-13(17)2/h5-12,14H,4H2,1-3H3,(H,21,24)/t14-/m1/s1.